The fourth-order valence-electron chi connectivity index (χ4n) is 3.12. The number of amides is 2. The smallest absolute Gasteiger partial charge is 0.303 e. The van der Waals surface area contributed by atoms with Crippen molar-refractivity contribution in [3.8, 4) is 5.75 Å². The summed E-state index contributed by atoms with van der Waals surface area (Å²) in [6.07, 6.45) is 2.22. The number of carboxylic acids is 1. The highest BCUT2D eigenvalue weighted by molar-refractivity contribution is 5.81. The van der Waals surface area contributed by atoms with Gasteiger partial charge in [-0.15, -0.1) is 0 Å². The summed E-state index contributed by atoms with van der Waals surface area (Å²) in [6, 6.07) is 9.15. The van der Waals surface area contributed by atoms with E-state index in [2.05, 4.69) is 5.32 Å². The van der Waals surface area contributed by atoms with Crippen LogP contribution in [0, 0.1) is 5.92 Å². The number of hydrogen-bond donors (Lipinski definition) is 2. The number of para-hydroxylation sites is 1. The number of nitrogens with zero attached hydrogens (tertiary/aromatic N) is 1. The maximum Gasteiger partial charge on any atom is 0.303 e. The third-order valence-corrected chi connectivity index (χ3v) is 4.65. The van der Waals surface area contributed by atoms with Crippen LogP contribution >= 0.6 is 0 Å². The molecule has 1 fully saturated rings. The molecule has 7 nitrogen and oxygen atoms in total. The number of likely N-dealkylation sites (tertiary alicyclic amines) is 1. The molecule has 0 aromatic heterocycles. The summed E-state index contributed by atoms with van der Waals surface area (Å²) in [4.78, 5) is 37.1. The molecule has 1 heterocycles. The molecule has 0 bridgehead atoms. The SMILES string of the molecule is CC(CCC(=O)O)NC(=O)C1CCCN(C(=O)CCOc2ccccc2)C1. The number of carboxylic acid groups (broad SMARTS) is 1. The van der Waals surface area contributed by atoms with Crippen LogP contribution < -0.4 is 10.1 Å². The van der Waals surface area contributed by atoms with Gasteiger partial charge in [0.1, 0.15) is 5.75 Å². The van der Waals surface area contributed by atoms with Crippen molar-refractivity contribution in [2.24, 2.45) is 5.92 Å². The molecule has 2 atom stereocenters. The Morgan fingerprint density at radius 3 is 2.70 bits per heavy atom. The van der Waals surface area contributed by atoms with Gasteiger partial charge >= 0.3 is 5.97 Å². The van der Waals surface area contributed by atoms with E-state index in [1.165, 1.54) is 0 Å². The third kappa shape index (κ3) is 7.29. The van der Waals surface area contributed by atoms with Crippen LogP contribution in [0.15, 0.2) is 30.3 Å². The van der Waals surface area contributed by atoms with Gasteiger partial charge in [0, 0.05) is 25.6 Å². The minimum Gasteiger partial charge on any atom is -0.493 e. The standard InChI is InChI=1S/C20H28N2O5/c1-15(9-10-19(24)25)21-20(26)16-6-5-12-22(14-16)18(23)11-13-27-17-7-3-2-4-8-17/h2-4,7-8,15-16H,5-6,9-14H2,1H3,(H,21,26)(H,24,25). The van der Waals surface area contributed by atoms with Crippen LogP contribution in [0.3, 0.4) is 0 Å². The van der Waals surface area contributed by atoms with Crippen molar-refractivity contribution in [3.63, 3.8) is 0 Å². The Hall–Kier alpha value is -2.57. The first-order valence-electron chi connectivity index (χ1n) is 9.43. The van der Waals surface area contributed by atoms with E-state index in [0.717, 1.165) is 18.6 Å². The maximum atomic E-state index is 12.4. The highest BCUT2D eigenvalue weighted by Crippen LogP contribution is 2.18. The topological polar surface area (TPSA) is 95.9 Å². The van der Waals surface area contributed by atoms with Gasteiger partial charge in [-0.1, -0.05) is 18.2 Å². The minimum absolute atomic E-state index is 0.0117. The molecular weight excluding hydrogens is 348 g/mol. The number of ether oxygens (including phenoxy) is 1. The van der Waals surface area contributed by atoms with E-state index in [-0.39, 0.29) is 36.6 Å². The molecule has 148 valence electrons. The Bertz CT molecular complexity index is 635. The first-order chi connectivity index (χ1) is 13.0. The molecule has 0 radical (unpaired) electrons. The lowest BCUT2D eigenvalue weighted by atomic mass is 9.96. The van der Waals surface area contributed by atoms with Gasteiger partial charge in [-0.2, -0.15) is 0 Å². The molecule has 2 amide bonds. The minimum atomic E-state index is -0.872. The van der Waals surface area contributed by atoms with Crippen molar-refractivity contribution in [2.45, 2.75) is 45.1 Å². The van der Waals surface area contributed by atoms with Crippen LogP contribution in [0.25, 0.3) is 0 Å². The zero-order valence-corrected chi connectivity index (χ0v) is 15.7. The second-order valence-corrected chi connectivity index (χ2v) is 6.93. The van der Waals surface area contributed by atoms with Gasteiger partial charge in [-0.05, 0) is 38.3 Å². The summed E-state index contributed by atoms with van der Waals surface area (Å²) in [6.45, 7) is 3.17. The van der Waals surface area contributed by atoms with E-state index < -0.39 is 5.97 Å². The van der Waals surface area contributed by atoms with Gasteiger partial charge < -0.3 is 20.1 Å². The van der Waals surface area contributed by atoms with Crippen molar-refractivity contribution in [2.75, 3.05) is 19.7 Å². The van der Waals surface area contributed by atoms with E-state index in [1.807, 2.05) is 30.3 Å². The molecule has 1 saturated heterocycles. The molecule has 7 heteroatoms. The lowest BCUT2D eigenvalue weighted by molar-refractivity contribution is -0.138. The predicted molar refractivity (Wildman–Crippen MR) is 100 cm³/mol. The van der Waals surface area contributed by atoms with E-state index in [1.54, 1.807) is 11.8 Å². The number of benzene rings is 1. The summed E-state index contributed by atoms with van der Waals surface area (Å²) in [7, 11) is 0. The van der Waals surface area contributed by atoms with Gasteiger partial charge in [0.15, 0.2) is 0 Å². The molecule has 0 aliphatic carbocycles. The van der Waals surface area contributed by atoms with E-state index in [9.17, 15) is 14.4 Å². The lowest BCUT2D eigenvalue weighted by Crippen LogP contribution is -2.47. The van der Waals surface area contributed by atoms with Crippen LogP contribution in [0.4, 0.5) is 0 Å². The van der Waals surface area contributed by atoms with Crippen LogP contribution in [0.1, 0.15) is 39.0 Å². The average molecular weight is 376 g/mol. The number of aliphatic carboxylic acids is 1. The van der Waals surface area contributed by atoms with Crippen LogP contribution in [-0.2, 0) is 14.4 Å². The molecule has 2 N–H and O–H groups in total. The first kappa shape index (κ1) is 20.7. The normalized spacial score (nSPS) is 17.8. The molecule has 0 saturated carbocycles. The number of carbonyl (C=O) groups excluding carboxylic acids is 2. The molecule has 2 unspecified atom stereocenters. The van der Waals surface area contributed by atoms with Gasteiger partial charge in [-0.25, -0.2) is 0 Å². The molecule has 2 rings (SSSR count). The van der Waals surface area contributed by atoms with Gasteiger partial charge in [0.25, 0.3) is 0 Å². The fourth-order valence-corrected chi connectivity index (χ4v) is 3.12. The van der Waals surface area contributed by atoms with Gasteiger partial charge in [-0.3, -0.25) is 14.4 Å². The van der Waals surface area contributed by atoms with Crippen LogP contribution in [0.5, 0.6) is 5.75 Å². The molecule has 27 heavy (non-hydrogen) atoms. The summed E-state index contributed by atoms with van der Waals surface area (Å²) in [5, 5.41) is 11.6. The van der Waals surface area contributed by atoms with Crippen molar-refractivity contribution >= 4 is 17.8 Å². The van der Waals surface area contributed by atoms with Gasteiger partial charge in [0.2, 0.25) is 11.8 Å². The second kappa shape index (κ2) is 10.5. The number of nitrogens with one attached hydrogen (secondary N) is 1. The second-order valence-electron chi connectivity index (χ2n) is 6.93. The summed E-state index contributed by atoms with van der Waals surface area (Å²) in [5.74, 6) is -0.502. The monoisotopic (exact) mass is 376 g/mol. The molecule has 1 aliphatic rings. The Balaban J connectivity index is 1.74. The van der Waals surface area contributed by atoms with Crippen LogP contribution in [0.2, 0.25) is 0 Å². The summed E-state index contributed by atoms with van der Waals surface area (Å²) in [5.41, 5.74) is 0. The zero-order chi connectivity index (χ0) is 19.6. The highest BCUT2D eigenvalue weighted by atomic mass is 16.5. The molecule has 1 aromatic rings. The van der Waals surface area contributed by atoms with Gasteiger partial charge in [0.05, 0.1) is 18.9 Å². The Kier molecular flexibility index (Phi) is 8.10. The van der Waals surface area contributed by atoms with Crippen molar-refractivity contribution in [1.29, 1.82) is 0 Å². The average Bonchev–Trinajstić information content (AvgIpc) is 2.67. The first-order valence-corrected chi connectivity index (χ1v) is 9.43. The largest absolute Gasteiger partial charge is 0.493 e. The Labute approximate surface area is 159 Å². The molecule has 1 aromatic carbocycles. The van der Waals surface area contributed by atoms with E-state index in [4.69, 9.17) is 9.84 Å². The molecule has 0 spiro atoms. The van der Waals surface area contributed by atoms with E-state index in [0.29, 0.717) is 26.1 Å². The molecular formula is C20H28N2O5. The number of piperidine rings is 1. The maximum absolute atomic E-state index is 12.4. The van der Waals surface area contributed by atoms with Crippen molar-refractivity contribution in [3.05, 3.63) is 30.3 Å². The highest BCUT2D eigenvalue weighted by Gasteiger charge is 2.28. The van der Waals surface area contributed by atoms with Crippen molar-refractivity contribution in [1.82, 2.24) is 10.2 Å². The number of hydrogen-bond acceptors (Lipinski definition) is 4. The Morgan fingerprint density at radius 2 is 2.00 bits per heavy atom. The zero-order valence-electron chi connectivity index (χ0n) is 15.7. The lowest BCUT2D eigenvalue weighted by Gasteiger charge is -2.32. The summed E-state index contributed by atoms with van der Waals surface area (Å²) >= 11 is 0. The van der Waals surface area contributed by atoms with Crippen molar-refractivity contribution < 1.29 is 24.2 Å². The van der Waals surface area contributed by atoms with Crippen LogP contribution in [-0.4, -0.2) is 53.5 Å². The van der Waals surface area contributed by atoms with E-state index >= 15 is 0 Å². The Morgan fingerprint density at radius 1 is 1.26 bits per heavy atom. The number of rotatable bonds is 9. The molecule has 1 aliphatic heterocycles. The summed E-state index contributed by atoms with van der Waals surface area (Å²) < 4.78 is 5.57. The quantitative estimate of drug-likeness (QED) is 0.688. The number of carbonyl (C=O) groups is 3. The fraction of sp³-hybridized carbons (Fsp3) is 0.550. The predicted octanol–water partition coefficient (Wildman–Crippen LogP) is 2.06. The third-order valence-electron chi connectivity index (χ3n) is 4.65.